The number of halogens is 3. The van der Waals surface area contributed by atoms with Gasteiger partial charge >= 0.3 is 12.1 Å². The molecule has 0 spiro atoms. The van der Waals surface area contributed by atoms with Crippen LogP contribution in [0.1, 0.15) is 24.2 Å². The van der Waals surface area contributed by atoms with Gasteiger partial charge in [0.25, 0.3) is 0 Å². The van der Waals surface area contributed by atoms with Gasteiger partial charge in [0.05, 0.1) is 11.6 Å². The summed E-state index contributed by atoms with van der Waals surface area (Å²) in [5, 5.41) is 11.9. The van der Waals surface area contributed by atoms with Crippen LogP contribution in [0.4, 0.5) is 13.2 Å². The molecule has 0 saturated heterocycles. The number of alkyl halides is 3. The molecule has 1 N–H and O–H groups in total. The van der Waals surface area contributed by atoms with E-state index in [9.17, 15) is 18.0 Å². The van der Waals surface area contributed by atoms with Gasteiger partial charge in [-0.3, -0.25) is 9.48 Å². The Labute approximate surface area is 83.3 Å². The maximum absolute atomic E-state index is 12.2. The number of aryl methyl sites for hydroxylation is 1. The fourth-order valence-corrected chi connectivity index (χ4v) is 1.15. The lowest BCUT2D eigenvalue weighted by molar-refractivity contribution is -0.141. The fourth-order valence-electron chi connectivity index (χ4n) is 1.15. The van der Waals surface area contributed by atoms with Gasteiger partial charge in [0.15, 0.2) is 5.69 Å². The molecule has 0 radical (unpaired) electrons. The smallest absolute Gasteiger partial charge is 0.435 e. The van der Waals surface area contributed by atoms with Gasteiger partial charge in [-0.05, 0) is 13.0 Å². The van der Waals surface area contributed by atoms with Gasteiger partial charge in [-0.15, -0.1) is 0 Å². The summed E-state index contributed by atoms with van der Waals surface area (Å²) >= 11 is 0. The first kappa shape index (κ1) is 11.5. The van der Waals surface area contributed by atoms with E-state index in [0.29, 0.717) is 0 Å². The lowest BCUT2D eigenvalue weighted by Gasteiger charge is -2.04. The first-order valence-corrected chi connectivity index (χ1v) is 4.07. The monoisotopic (exact) mass is 222 g/mol. The van der Waals surface area contributed by atoms with Crippen LogP contribution >= 0.6 is 0 Å². The second-order valence-electron chi connectivity index (χ2n) is 3.14. The number of aromatic nitrogens is 2. The zero-order valence-corrected chi connectivity index (χ0v) is 8.04. The minimum Gasteiger partial charge on any atom is -0.481 e. The highest BCUT2D eigenvalue weighted by atomic mass is 19.4. The zero-order valence-electron chi connectivity index (χ0n) is 8.04. The van der Waals surface area contributed by atoms with Gasteiger partial charge in [0.1, 0.15) is 0 Å². The highest BCUT2D eigenvalue weighted by Gasteiger charge is 2.35. The van der Waals surface area contributed by atoms with Crippen LogP contribution in [0.5, 0.6) is 0 Å². The van der Waals surface area contributed by atoms with Crippen molar-refractivity contribution in [2.75, 3.05) is 0 Å². The SMILES string of the molecule is CC(C(=O)O)c1cc(C(F)(F)F)nn1C. The molecule has 1 aromatic rings. The van der Waals surface area contributed by atoms with Crippen molar-refractivity contribution in [1.82, 2.24) is 9.78 Å². The molecular formula is C8H9F3N2O2. The molecule has 15 heavy (non-hydrogen) atoms. The lowest BCUT2D eigenvalue weighted by Crippen LogP contribution is -2.11. The van der Waals surface area contributed by atoms with Crippen molar-refractivity contribution in [2.45, 2.75) is 19.0 Å². The Morgan fingerprint density at radius 2 is 2.13 bits per heavy atom. The maximum Gasteiger partial charge on any atom is 0.435 e. The summed E-state index contributed by atoms with van der Waals surface area (Å²) in [6.07, 6.45) is -4.55. The van der Waals surface area contributed by atoms with Crippen molar-refractivity contribution in [1.29, 1.82) is 0 Å². The topological polar surface area (TPSA) is 55.1 Å². The Kier molecular flexibility index (Phi) is 2.74. The van der Waals surface area contributed by atoms with Crippen LogP contribution in [0.3, 0.4) is 0 Å². The molecule has 4 nitrogen and oxygen atoms in total. The minimum atomic E-state index is -4.55. The average Bonchev–Trinajstić information content (AvgIpc) is 2.45. The number of aliphatic carboxylic acids is 1. The van der Waals surface area contributed by atoms with Gasteiger partial charge in [-0.2, -0.15) is 18.3 Å². The Morgan fingerprint density at radius 1 is 1.60 bits per heavy atom. The molecule has 1 rings (SSSR count). The molecule has 1 aromatic heterocycles. The maximum atomic E-state index is 12.2. The predicted molar refractivity (Wildman–Crippen MR) is 44.3 cm³/mol. The molecule has 0 amide bonds. The number of carboxylic acid groups (broad SMARTS) is 1. The Bertz CT molecular complexity index is 384. The van der Waals surface area contributed by atoms with Crippen LogP contribution in [-0.4, -0.2) is 20.9 Å². The van der Waals surface area contributed by atoms with Gasteiger partial charge in [-0.25, -0.2) is 0 Å². The third kappa shape index (κ3) is 2.28. The Balaban J connectivity index is 3.12. The molecule has 1 heterocycles. The number of rotatable bonds is 2. The number of carboxylic acids is 1. The van der Waals surface area contributed by atoms with Crippen LogP contribution in [0, 0.1) is 0 Å². The van der Waals surface area contributed by atoms with E-state index in [1.54, 1.807) is 0 Å². The molecule has 0 aliphatic heterocycles. The molecule has 0 aliphatic rings. The molecule has 0 saturated carbocycles. The summed E-state index contributed by atoms with van der Waals surface area (Å²) in [7, 11) is 1.28. The predicted octanol–water partition coefficient (Wildman–Crippen LogP) is 1.63. The zero-order chi connectivity index (χ0) is 11.8. The molecule has 0 fully saturated rings. The molecular weight excluding hydrogens is 213 g/mol. The van der Waals surface area contributed by atoms with Crippen molar-refractivity contribution >= 4 is 5.97 Å². The van der Waals surface area contributed by atoms with Gasteiger partial charge < -0.3 is 5.11 Å². The summed E-state index contributed by atoms with van der Waals surface area (Å²) in [6.45, 7) is 1.31. The second kappa shape index (κ2) is 3.56. The molecule has 7 heteroatoms. The second-order valence-corrected chi connectivity index (χ2v) is 3.14. The molecule has 84 valence electrons. The standard InChI is InChI=1S/C8H9F3N2O2/c1-4(7(14)15)5-3-6(8(9,10)11)12-13(5)2/h3-4H,1-2H3,(H,14,15). The lowest BCUT2D eigenvalue weighted by atomic mass is 10.1. The molecule has 0 aromatic carbocycles. The van der Waals surface area contributed by atoms with Crippen molar-refractivity contribution in [2.24, 2.45) is 7.05 Å². The average molecular weight is 222 g/mol. The van der Waals surface area contributed by atoms with E-state index in [1.807, 2.05) is 0 Å². The summed E-state index contributed by atoms with van der Waals surface area (Å²) in [5.41, 5.74) is -1.05. The minimum absolute atomic E-state index is 0.0230. The summed E-state index contributed by atoms with van der Waals surface area (Å²) in [4.78, 5) is 10.6. The van der Waals surface area contributed by atoms with E-state index >= 15 is 0 Å². The third-order valence-corrected chi connectivity index (χ3v) is 2.02. The molecule has 0 bridgehead atoms. The molecule has 1 unspecified atom stereocenters. The van der Waals surface area contributed by atoms with Gasteiger partial charge in [-0.1, -0.05) is 0 Å². The Hall–Kier alpha value is -1.53. The molecule has 0 aliphatic carbocycles. The van der Waals surface area contributed by atoms with E-state index in [-0.39, 0.29) is 5.69 Å². The van der Waals surface area contributed by atoms with Crippen LogP contribution in [0.15, 0.2) is 6.07 Å². The largest absolute Gasteiger partial charge is 0.481 e. The number of hydrogen-bond acceptors (Lipinski definition) is 2. The van der Waals surface area contributed by atoms with E-state index in [2.05, 4.69) is 5.10 Å². The number of carbonyl (C=O) groups is 1. The summed E-state index contributed by atoms with van der Waals surface area (Å²) < 4.78 is 37.6. The summed E-state index contributed by atoms with van der Waals surface area (Å²) in [6, 6.07) is 0.749. The Morgan fingerprint density at radius 3 is 2.47 bits per heavy atom. The van der Waals surface area contributed by atoms with Crippen molar-refractivity contribution in [3.8, 4) is 0 Å². The van der Waals surface area contributed by atoms with Gasteiger partial charge in [0, 0.05) is 7.05 Å². The first-order chi connectivity index (χ1) is 6.73. The van der Waals surface area contributed by atoms with Crippen LogP contribution < -0.4 is 0 Å². The van der Waals surface area contributed by atoms with Gasteiger partial charge in [0.2, 0.25) is 0 Å². The van der Waals surface area contributed by atoms with Crippen molar-refractivity contribution in [3.63, 3.8) is 0 Å². The molecule has 1 atom stereocenters. The van der Waals surface area contributed by atoms with E-state index in [4.69, 9.17) is 5.11 Å². The van der Waals surface area contributed by atoms with Crippen molar-refractivity contribution < 1.29 is 23.1 Å². The number of nitrogens with zero attached hydrogens (tertiary/aromatic N) is 2. The fraction of sp³-hybridized carbons (Fsp3) is 0.500. The quantitative estimate of drug-likeness (QED) is 0.827. The number of hydrogen-bond donors (Lipinski definition) is 1. The van der Waals surface area contributed by atoms with Crippen molar-refractivity contribution in [3.05, 3.63) is 17.5 Å². The summed E-state index contributed by atoms with van der Waals surface area (Å²) in [5.74, 6) is -2.20. The van der Waals surface area contributed by atoms with E-state index in [1.165, 1.54) is 14.0 Å². The van der Waals surface area contributed by atoms with E-state index < -0.39 is 23.8 Å². The first-order valence-electron chi connectivity index (χ1n) is 4.07. The van der Waals surface area contributed by atoms with Crippen LogP contribution in [0.2, 0.25) is 0 Å². The normalized spacial score (nSPS) is 13.9. The highest BCUT2D eigenvalue weighted by molar-refractivity contribution is 5.74. The van der Waals surface area contributed by atoms with Crippen LogP contribution in [0.25, 0.3) is 0 Å². The van der Waals surface area contributed by atoms with E-state index in [0.717, 1.165) is 10.7 Å². The highest BCUT2D eigenvalue weighted by Crippen LogP contribution is 2.30. The van der Waals surface area contributed by atoms with Crippen LogP contribution in [-0.2, 0) is 18.0 Å². The third-order valence-electron chi connectivity index (χ3n) is 2.02.